The molecule has 33 heavy (non-hydrogen) atoms. The van der Waals surface area contributed by atoms with Gasteiger partial charge in [-0.25, -0.2) is 4.79 Å². The van der Waals surface area contributed by atoms with E-state index in [-0.39, 0.29) is 5.56 Å². The molecule has 0 aliphatic rings. The van der Waals surface area contributed by atoms with E-state index in [1.165, 1.54) is 17.7 Å². The quantitative estimate of drug-likeness (QED) is 0.461. The van der Waals surface area contributed by atoms with Gasteiger partial charge in [-0.15, -0.1) is 0 Å². The number of pyridine rings is 1. The summed E-state index contributed by atoms with van der Waals surface area (Å²) in [6, 6.07) is 20.3. The number of nitrogens with zero attached hydrogens (tertiary/aromatic N) is 3. The number of aromatic nitrogens is 1. The van der Waals surface area contributed by atoms with E-state index in [9.17, 15) is 9.59 Å². The Balaban J connectivity index is 1.72. The molecule has 0 bridgehead atoms. The number of amides is 1. The lowest BCUT2D eigenvalue weighted by Crippen LogP contribution is -2.38. The Morgan fingerprint density at radius 3 is 2.24 bits per heavy atom. The zero-order valence-electron chi connectivity index (χ0n) is 19.4. The SMILES string of the molecule is CCN(CC)CCN(C(=O)OC)c1ccc(-n2ccc(OCc3ccccc3)cc2=O)cc1. The molecule has 0 saturated heterocycles. The number of ether oxygens (including phenoxy) is 2. The molecule has 0 fully saturated rings. The number of likely N-dealkylation sites (N-methyl/N-ethyl adjacent to an activating group) is 1. The van der Waals surface area contributed by atoms with Gasteiger partial charge in [0.1, 0.15) is 12.4 Å². The first kappa shape index (κ1) is 24.1. The Morgan fingerprint density at radius 1 is 0.939 bits per heavy atom. The van der Waals surface area contributed by atoms with Crippen molar-refractivity contribution in [3.05, 3.63) is 88.8 Å². The Kier molecular flexibility index (Phi) is 8.66. The summed E-state index contributed by atoms with van der Waals surface area (Å²) in [5.74, 6) is 0.519. The minimum atomic E-state index is -0.410. The molecule has 7 heteroatoms. The Labute approximate surface area is 194 Å². The van der Waals surface area contributed by atoms with E-state index in [2.05, 4.69) is 18.7 Å². The van der Waals surface area contributed by atoms with Gasteiger partial charge in [0.2, 0.25) is 0 Å². The van der Waals surface area contributed by atoms with Crippen LogP contribution in [0.3, 0.4) is 0 Å². The van der Waals surface area contributed by atoms with Crippen molar-refractivity contribution in [1.82, 2.24) is 9.47 Å². The number of carbonyl (C=O) groups excluding carboxylic acids is 1. The molecule has 0 aliphatic carbocycles. The van der Waals surface area contributed by atoms with Gasteiger partial charge < -0.3 is 14.4 Å². The van der Waals surface area contributed by atoms with Gasteiger partial charge in [0.15, 0.2) is 0 Å². The summed E-state index contributed by atoms with van der Waals surface area (Å²) in [4.78, 5) is 28.8. The van der Waals surface area contributed by atoms with E-state index in [0.717, 1.165) is 25.2 Å². The van der Waals surface area contributed by atoms with Crippen molar-refractivity contribution in [2.75, 3.05) is 38.2 Å². The number of hydrogen-bond acceptors (Lipinski definition) is 5. The predicted octanol–water partition coefficient (Wildman–Crippen LogP) is 4.33. The Bertz CT molecular complexity index is 1080. The maximum Gasteiger partial charge on any atom is 0.414 e. The number of methoxy groups -OCH3 is 1. The zero-order valence-corrected chi connectivity index (χ0v) is 19.4. The van der Waals surface area contributed by atoms with E-state index in [1.54, 1.807) is 17.2 Å². The van der Waals surface area contributed by atoms with Gasteiger partial charge in [-0.05, 0) is 49.0 Å². The molecule has 174 valence electrons. The van der Waals surface area contributed by atoms with E-state index in [0.29, 0.717) is 30.3 Å². The highest BCUT2D eigenvalue weighted by molar-refractivity contribution is 5.87. The van der Waals surface area contributed by atoms with Crippen LogP contribution in [-0.4, -0.2) is 48.8 Å². The van der Waals surface area contributed by atoms with Gasteiger partial charge in [0.25, 0.3) is 5.56 Å². The van der Waals surface area contributed by atoms with E-state index in [4.69, 9.17) is 9.47 Å². The third-order valence-corrected chi connectivity index (χ3v) is 5.51. The Morgan fingerprint density at radius 2 is 1.64 bits per heavy atom. The van der Waals surface area contributed by atoms with Crippen molar-refractivity contribution in [3.8, 4) is 11.4 Å². The van der Waals surface area contributed by atoms with E-state index < -0.39 is 6.09 Å². The molecule has 0 saturated carbocycles. The molecule has 0 aliphatic heterocycles. The summed E-state index contributed by atoms with van der Waals surface area (Å²) in [6.45, 7) is 7.68. The van der Waals surface area contributed by atoms with Crippen LogP contribution in [-0.2, 0) is 11.3 Å². The molecule has 0 radical (unpaired) electrons. The molecular formula is C26H31N3O4. The smallest absolute Gasteiger partial charge is 0.414 e. The highest BCUT2D eigenvalue weighted by atomic mass is 16.5. The molecule has 3 rings (SSSR count). The fourth-order valence-corrected chi connectivity index (χ4v) is 3.52. The van der Waals surface area contributed by atoms with Crippen molar-refractivity contribution in [3.63, 3.8) is 0 Å². The highest BCUT2D eigenvalue weighted by Crippen LogP contribution is 2.19. The van der Waals surface area contributed by atoms with Crippen LogP contribution in [0, 0.1) is 0 Å². The predicted molar refractivity (Wildman–Crippen MR) is 130 cm³/mol. The van der Waals surface area contributed by atoms with Gasteiger partial charge in [-0.1, -0.05) is 44.2 Å². The summed E-state index contributed by atoms with van der Waals surface area (Å²) in [7, 11) is 1.38. The van der Waals surface area contributed by atoms with Crippen LogP contribution in [0.5, 0.6) is 5.75 Å². The molecule has 2 aromatic carbocycles. The third-order valence-electron chi connectivity index (χ3n) is 5.51. The third kappa shape index (κ3) is 6.46. The van der Waals surface area contributed by atoms with E-state index >= 15 is 0 Å². The second kappa shape index (κ2) is 11.9. The summed E-state index contributed by atoms with van der Waals surface area (Å²) < 4.78 is 12.2. The number of hydrogen-bond donors (Lipinski definition) is 0. The molecule has 0 N–H and O–H groups in total. The van der Waals surface area contributed by atoms with Crippen LogP contribution < -0.4 is 15.2 Å². The summed E-state index contributed by atoms with van der Waals surface area (Å²) >= 11 is 0. The second-order valence-electron chi connectivity index (χ2n) is 7.51. The average molecular weight is 450 g/mol. The monoisotopic (exact) mass is 449 g/mol. The summed E-state index contributed by atoms with van der Waals surface area (Å²) in [5, 5.41) is 0. The lowest BCUT2D eigenvalue weighted by Gasteiger charge is -2.25. The fourth-order valence-electron chi connectivity index (χ4n) is 3.52. The number of rotatable bonds is 10. The molecule has 1 amide bonds. The molecule has 0 spiro atoms. The van der Waals surface area contributed by atoms with Crippen molar-refractivity contribution >= 4 is 11.8 Å². The number of benzene rings is 2. The van der Waals surface area contributed by atoms with E-state index in [1.807, 2.05) is 54.6 Å². The molecule has 1 heterocycles. The second-order valence-corrected chi connectivity index (χ2v) is 7.51. The normalized spacial score (nSPS) is 10.8. The van der Waals surface area contributed by atoms with Crippen LogP contribution in [0.1, 0.15) is 19.4 Å². The van der Waals surface area contributed by atoms with Crippen LogP contribution in [0.2, 0.25) is 0 Å². The maximum atomic E-state index is 12.7. The first-order valence-electron chi connectivity index (χ1n) is 11.1. The van der Waals surface area contributed by atoms with Gasteiger partial charge in [-0.2, -0.15) is 0 Å². The number of carbonyl (C=O) groups is 1. The maximum absolute atomic E-state index is 12.7. The average Bonchev–Trinajstić information content (AvgIpc) is 2.86. The fraction of sp³-hybridized carbons (Fsp3) is 0.308. The Hall–Kier alpha value is -3.58. The standard InChI is InChI=1S/C26H31N3O4/c1-4-27(5-2)17-18-29(26(31)32-3)23-13-11-22(12-14-23)28-16-15-24(19-25(28)30)33-20-21-9-7-6-8-10-21/h6-16,19H,4-5,17-18,20H2,1-3H3. The molecule has 0 atom stereocenters. The van der Waals surface area contributed by atoms with Crippen LogP contribution in [0.25, 0.3) is 5.69 Å². The summed E-state index contributed by atoms with van der Waals surface area (Å²) in [5.41, 5.74) is 2.26. The zero-order chi connectivity index (χ0) is 23.6. The molecular weight excluding hydrogens is 418 g/mol. The van der Waals surface area contributed by atoms with Crippen LogP contribution in [0.15, 0.2) is 77.7 Å². The number of anilines is 1. The topological polar surface area (TPSA) is 64.0 Å². The molecule has 7 nitrogen and oxygen atoms in total. The van der Waals surface area contributed by atoms with Crippen LogP contribution >= 0.6 is 0 Å². The van der Waals surface area contributed by atoms with Gasteiger partial charge in [-0.3, -0.25) is 14.3 Å². The van der Waals surface area contributed by atoms with Crippen molar-refractivity contribution in [2.45, 2.75) is 20.5 Å². The lowest BCUT2D eigenvalue weighted by atomic mass is 10.2. The highest BCUT2D eigenvalue weighted by Gasteiger charge is 2.17. The minimum absolute atomic E-state index is 0.195. The van der Waals surface area contributed by atoms with Crippen molar-refractivity contribution < 1.29 is 14.3 Å². The van der Waals surface area contributed by atoms with Crippen molar-refractivity contribution in [1.29, 1.82) is 0 Å². The molecule has 3 aromatic rings. The summed E-state index contributed by atoms with van der Waals surface area (Å²) in [6.07, 6.45) is 1.28. The van der Waals surface area contributed by atoms with Gasteiger partial charge >= 0.3 is 6.09 Å². The van der Waals surface area contributed by atoms with Crippen LogP contribution in [0.4, 0.5) is 10.5 Å². The molecule has 0 unspecified atom stereocenters. The molecule has 1 aromatic heterocycles. The lowest BCUT2D eigenvalue weighted by molar-refractivity contribution is 0.177. The minimum Gasteiger partial charge on any atom is -0.489 e. The van der Waals surface area contributed by atoms with Gasteiger partial charge in [0, 0.05) is 36.7 Å². The van der Waals surface area contributed by atoms with Gasteiger partial charge in [0.05, 0.1) is 7.11 Å². The first-order valence-corrected chi connectivity index (χ1v) is 11.1. The largest absolute Gasteiger partial charge is 0.489 e. The van der Waals surface area contributed by atoms with Crippen molar-refractivity contribution in [2.24, 2.45) is 0 Å². The first-order chi connectivity index (χ1) is 16.0.